The molecule has 170 valence electrons. The van der Waals surface area contributed by atoms with Crippen LogP contribution in [-0.2, 0) is 9.59 Å². The lowest BCUT2D eigenvalue weighted by Gasteiger charge is -2.23. The highest BCUT2D eigenvalue weighted by atomic mass is 19.4. The summed E-state index contributed by atoms with van der Waals surface area (Å²) in [5.74, 6) is -2.37. The predicted octanol–water partition coefficient (Wildman–Crippen LogP) is 1.72. The molecule has 12 heteroatoms. The molecule has 2 aromatic rings. The van der Waals surface area contributed by atoms with Gasteiger partial charge < -0.3 is 25.7 Å². The number of aromatic nitrogens is 1. The maximum atomic E-state index is 12.5. The standard InChI is InChI=1S/C20H20F3N5O4/c21-20(22,23)32-16-5-1-4-14-13(16)8-15(28-14)19(31)26-10-17(29)27-12(9-24)7-11-3-2-6-25-18(11)30/h1,4-5,8,11-12,28H,2-3,6-7,10H2,(H,25,30)(H,26,31)(H,27,29)/t11-,12?/m0/s1. The number of aromatic amines is 1. The number of alkyl halides is 3. The molecule has 3 amide bonds. The van der Waals surface area contributed by atoms with Crippen LogP contribution in [0.4, 0.5) is 13.2 Å². The zero-order chi connectivity index (χ0) is 23.3. The normalized spacial score (nSPS) is 17.2. The van der Waals surface area contributed by atoms with E-state index in [-0.39, 0.29) is 34.8 Å². The number of carbonyl (C=O) groups excluding carboxylic acids is 3. The van der Waals surface area contributed by atoms with Gasteiger partial charge >= 0.3 is 6.36 Å². The smallest absolute Gasteiger partial charge is 0.405 e. The van der Waals surface area contributed by atoms with Gasteiger partial charge in [0.05, 0.1) is 12.6 Å². The fraction of sp³-hybridized carbons (Fsp3) is 0.400. The zero-order valence-corrected chi connectivity index (χ0v) is 16.7. The number of nitrogens with zero attached hydrogens (tertiary/aromatic N) is 1. The lowest BCUT2D eigenvalue weighted by atomic mass is 9.92. The Balaban J connectivity index is 1.57. The molecule has 2 atom stereocenters. The average Bonchev–Trinajstić information content (AvgIpc) is 3.17. The number of H-pyrrole nitrogens is 1. The third-order valence-corrected chi connectivity index (χ3v) is 4.91. The van der Waals surface area contributed by atoms with Crippen molar-refractivity contribution in [3.8, 4) is 11.8 Å². The van der Waals surface area contributed by atoms with Gasteiger partial charge in [0.25, 0.3) is 5.91 Å². The van der Waals surface area contributed by atoms with Crippen LogP contribution < -0.4 is 20.7 Å². The molecule has 1 aromatic heterocycles. The first kappa shape index (κ1) is 22.9. The summed E-state index contributed by atoms with van der Waals surface area (Å²) in [5.41, 5.74) is 0.179. The minimum atomic E-state index is -4.89. The number of fused-ring (bicyclic) bond motifs is 1. The minimum absolute atomic E-state index is 0.0507. The Morgan fingerprint density at radius 1 is 1.34 bits per heavy atom. The molecule has 1 aliphatic rings. The monoisotopic (exact) mass is 451 g/mol. The van der Waals surface area contributed by atoms with Gasteiger partial charge in [0.15, 0.2) is 0 Å². The molecule has 32 heavy (non-hydrogen) atoms. The SMILES string of the molecule is N#CC(C[C@@H]1CCCNC1=O)NC(=O)CNC(=O)c1cc2c(OC(F)(F)F)cccc2[nH]1. The van der Waals surface area contributed by atoms with E-state index in [0.29, 0.717) is 13.0 Å². The summed E-state index contributed by atoms with van der Waals surface area (Å²) in [6, 6.07) is 6.14. The van der Waals surface area contributed by atoms with Crippen molar-refractivity contribution in [1.82, 2.24) is 20.9 Å². The molecular weight excluding hydrogens is 431 g/mol. The first-order valence-electron chi connectivity index (χ1n) is 9.78. The molecule has 1 saturated heterocycles. The number of piperidine rings is 1. The van der Waals surface area contributed by atoms with Crippen LogP contribution in [0.5, 0.6) is 5.75 Å². The van der Waals surface area contributed by atoms with E-state index in [0.717, 1.165) is 12.5 Å². The van der Waals surface area contributed by atoms with E-state index in [2.05, 4.69) is 25.7 Å². The highest BCUT2D eigenvalue weighted by molar-refractivity contribution is 6.00. The largest absolute Gasteiger partial charge is 0.573 e. The molecule has 0 aliphatic carbocycles. The summed E-state index contributed by atoms with van der Waals surface area (Å²) >= 11 is 0. The molecule has 1 unspecified atom stereocenters. The van der Waals surface area contributed by atoms with Crippen molar-refractivity contribution in [1.29, 1.82) is 5.26 Å². The van der Waals surface area contributed by atoms with Crippen molar-refractivity contribution >= 4 is 28.6 Å². The second-order valence-corrected chi connectivity index (χ2v) is 7.25. The number of nitrogens with one attached hydrogen (secondary N) is 4. The van der Waals surface area contributed by atoms with Crippen LogP contribution in [0.2, 0.25) is 0 Å². The van der Waals surface area contributed by atoms with E-state index in [1.165, 1.54) is 18.2 Å². The molecule has 3 rings (SSSR count). The third kappa shape index (κ3) is 5.90. The van der Waals surface area contributed by atoms with Gasteiger partial charge in [0, 0.05) is 23.4 Å². The van der Waals surface area contributed by atoms with Gasteiger partial charge in [-0.05, 0) is 37.5 Å². The molecule has 1 aromatic carbocycles. The number of hydrogen-bond donors (Lipinski definition) is 4. The quantitative estimate of drug-likeness (QED) is 0.508. The lowest BCUT2D eigenvalue weighted by molar-refractivity contribution is -0.274. The zero-order valence-electron chi connectivity index (χ0n) is 16.7. The topological polar surface area (TPSA) is 136 Å². The van der Waals surface area contributed by atoms with Crippen LogP contribution in [0, 0.1) is 17.2 Å². The summed E-state index contributed by atoms with van der Waals surface area (Å²) in [4.78, 5) is 38.9. The van der Waals surface area contributed by atoms with E-state index in [4.69, 9.17) is 0 Å². The molecule has 1 aliphatic heterocycles. The molecule has 0 saturated carbocycles. The van der Waals surface area contributed by atoms with E-state index in [1.54, 1.807) is 0 Å². The maximum Gasteiger partial charge on any atom is 0.573 e. The fourth-order valence-electron chi connectivity index (χ4n) is 3.45. The van der Waals surface area contributed by atoms with Crippen LogP contribution in [0.15, 0.2) is 24.3 Å². The Morgan fingerprint density at radius 2 is 2.12 bits per heavy atom. The van der Waals surface area contributed by atoms with Crippen molar-refractivity contribution in [2.24, 2.45) is 5.92 Å². The van der Waals surface area contributed by atoms with E-state index >= 15 is 0 Å². The number of halogens is 3. The number of amides is 3. The van der Waals surface area contributed by atoms with Gasteiger partial charge in [0.2, 0.25) is 11.8 Å². The summed E-state index contributed by atoms with van der Waals surface area (Å²) in [5, 5.41) is 16.8. The fourth-order valence-corrected chi connectivity index (χ4v) is 3.45. The lowest BCUT2D eigenvalue weighted by Crippen LogP contribution is -2.44. The number of ether oxygens (including phenoxy) is 1. The Morgan fingerprint density at radius 3 is 2.81 bits per heavy atom. The van der Waals surface area contributed by atoms with Gasteiger partial charge in [-0.2, -0.15) is 5.26 Å². The predicted molar refractivity (Wildman–Crippen MR) is 105 cm³/mol. The summed E-state index contributed by atoms with van der Waals surface area (Å²) < 4.78 is 41.6. The molecule has 2 heterocycles. The highest BCUT2D eigenvalue weighted by Gasteiger charge is 2.32. The van der Waals surface area contributed by atoms with Crippen LogP contribution in [0.3, 0.4) is 0 Å². The van der Waals surface area contributed by atoms with Crippen molar-refractivity contribution in [3.63, 3.8) is 0 Å². The van der Waals surface area contributed by atoms with Crippen LogP contribution >= 0.6 is 0 Å². The Bertz CT molecular complexity index is 1060. The molecule has 1 fully saturated rings. The Kier molecular flexibility index (Phi) is 6.87. The van der Waals surface area contributed by atoms with Gasteiger partial charge in [-0.15, -0.1) is 13.2 Å². The van der Waals surface area contributed by atoms with Crippen LogP contribution in [0.1, 0.15) is 29.8 Å². The van der Waals surface area contributed by atoms with Crippen LogP contribution in [-0.4, -0.2) is 48.2 Å². The number of benzene rings is 1. The second-order valence-electron chi connectivity index (χ2n) is 7.25. The van der Waals surface area contributed by atoms with Gasteiger partial charge in [0.1, 0.15) is 17.5 Å². The second kappa shape index (κ2) is 9.59. The molecule has 0 spiro atoms. The Hall–Kier alpha value is -3.75. The maximum absolute atomic E-state index is 12.5. The number of rotatable bonds is 7. The van der Waals surface area contributed by atoms with Crippen LogP contribution in [0.25, 0.3) is 10.9 Å². The molecule has 0 radical (unpaired) electrons. The summed E-state index contributed by atoms with van der Waals surface area (Å²) in [7, 11) is 0. The first-order valence-corrected chi connectivity index (χ1v) is 9.78. The van der Waals surface area contributed by atoms with Gasteiger partial charge in [-0.25, -0.2) is 0 Å². The molecule has 9 nitrogen and oxygen atoms in total. The van der Waals surface area contributed by atoms with E-state index in [1.807, 2.05) is 6.07 Å². The first-order chi connectivity index (χ1) is 15.2. The molecule has 0 bridgehead atoms. The number of carbonyl (C=O) groups is 3. The van der Waals surface area contributed by atoms with Crippen molar-refractivity contribution in [2.75, 3.05) is 13.1 Å². The van der Waals surface area contributed by atoms with Gasteiger partial charge in [-0.1, -0.05) is 6.07 Å². The van der Waals surface area contributed by atoms with Crippen molar-refractivity contribution in [2.45, 2.75) is 31.7 Å². The van der Waals surface area contributed by atoms with E-state index in [9.17, 15) is 32.8 Å². The van der Waals surface area contributed by atoms with Crippen molar-refractivity contribution in [3.05, 3.63) is 30.0 Å². The highest BCUT2D eigenvalue weighted by Crippen LogP contribution is 2.31. The summed E-state index contributed by atoms with van der Waals surface area (Å²) in [6.07, 6.45) is -3.32. The number of nitriles is 1. The summed E-state index contributed by atoms with van der Waals surface area (Å²) in [6.45, 7) is 0.123. The molecular formula is C20H20F3N5O4. The minimum Gasteiger partial charge on any atom is -0.405 e. The van der Waals surface area contributed by atoms with Crippen molar-refractivity contribution < 1.29 is 32.3 Å². The number of hydrogen-bond acceptors (Lipinski definition) is 5. The van der Waals surface area contributed by atoms with Gasteiger partial charge in [-0.3, -0.25) is 14.4 Å². The molecule has 4 N–H and O–H groups in total. The third-order valence-electron chi connectivity index (χ3n) is 4.91. The Labute approximate surface area is 180 Å². The average molecular weight is 451 g/mol. The van der Waals surface area contributed by atoms with E-state index < -0.39 is 36.5 Å².